The number of aryl methyl sites for hydroxylation is 2. The van der Waals surface area contributed by atoms with Gasteiger partial charge < -0.3 is 4.90 Å². The maximum Gasteiger partial charge on any atom is 0.222 e. The predicted molar refractivity (Wildman–Crippen MR) is 133 cm³/mol. The molecule has 34 heavy (non-hydrogen) atoms. The van der Waals surface area contributed by atoms with E-state index < -0.39 is 0 Å². The van der Waals surface area contributed by atoms with Crippen LogP contribution in [0, 0.1) is 26.7 Å². The molecule has 4 heterocycles. The largest absolute Gasteiger partial charge is 0.343 e. The zero-order chi connectivity index (χ0) is 24.2. The van der Waals surface area contributed by atoms with Crippen LogP contribution in [-0.2, 0) is 11.2 Å². The molecular weight excluding hydrogens is 426 g/mol. The molecule has 0 bridgehead atoms. The summed E-state index contributed by atoms with van der Waals surface area (Å²) in [4.78, 5) is 15.0. The van der Waals surface area contributed by atoms with Crippen LogP contribution in [0.3, 0.4) is 0 Å². The molecule has 1 fully saturated rings. The fraction of sp³-hybridized carbons (Fsp3) is 0.500. The molecule has 0 unspecified atom stereocenters. The van der Waals surface area contributed by atoms with Gasteiger partial charge in [0.25, 0.3) is 0 Å². The number of piperidine rings is 1. The lowest BCUT2D eigenvalue weighted by atomic mass is 9.87. The van der Waals surface area contributed by atoms with Gasteiger partial charge in [0, 0.05) is 25.2 Å². The summed E-state index contributed by atoms with van der Waals surface area (Å²) in [5.74, 6) is 2.27. The van der Waals surface area contributed by atoms with Gasteiger partial charge in [-0.3, -0.25) is 4.79 Å². The van der Waals surface area contributed by atoms with Crippen LogP contribution < -0.4 is 0 Å². The molecule has 4 rings (SSSR count). The second kappa shape index (κ2) is 10.3. The number of amides is 1. The van der Waals surface area contributed by atoms with Crippen LogP contribution in [0.25, 0.3) is 11.5 Å². The Hall–Kier alpha value is -3.29. The Morgan fingerprint density at radius 1 is 1.12 bits per heavy atom. The van der Waals surface area contributed by atoms with Gasteiger partial charge >= 0.3 is 0 Å². The van der Waals surface area contributed by atoms with Crippen molar-refractivity contribution < 1.29 is 4.79 Å². The lowest BCUT2D eigenvalue weighted by molar-refractivity contribution is -0.132. The van der Waals surface area contributed by atoms with E-state index in [2.05, 4.69) is 40.4 Å². The molecule has 8 nitrogen and oxygen atoms in total. The minimum absolute atomic E-state index is 0.236. The van der Waals surface area contributed by atoms with Crippen LogP contribution in [0.15, 0.2) is 35.9 Å². The van der Waals surface area contributed by atoms with Crippen molar-refractivity contribution in [3.63, 3.8) is 0 Å². The van der Waals surface area contributed by atoms with E-state index in [0.29, 0.717) is 30.2 Å². The van der Waals surface area contributed by atoms with Crippen LogP contribution in [0.5, 0.6) is 0 Å². The molecule has 0 spiro atoms. The molecule has 1 amide bonds. The van der Waals surface area contributed by atoms with E-state index in [0.717, 1.165) is 55.1 Å². The lowest BCUT2D eigenvalue weighted by Crippen LogP contribution is -2.39. The predicted octanol–water partition coefficient (Wildman–Crippen LogP) is 4.32. The van der Waals surface area contributed by atoms with Gasteiger partial charge in [0.15, 0.2) is 17.3 Å². The van der Waals surface area contributed by atoms with Crippen molar-refractivity contribution in [2.75, 3.05) is 13.1 Å². The summed E-state index contributed by atoms with van der Waals surface area (Å²) in [6.45, 7) is 11.9. The number of allylic oxidation sites excluding steroid dienone is 4. The molecule has 180 valence electrons. The Bertz CT molecular complexity index is 1230. The molecule has 0 aliphatic carbocycles. The first-order valence-corrected chi connectivity index (χ1v) is 12.3. The highest BCUT2D eigenvalue weighted by atomic mass is 16.2. The summed E-state index contributed by atoms with van der Waals surface area (Å²) >= 11 is 0. The van der Waals surface area contributed by atoms with E-state index in [-0.39, 0.29) is 5.91 Å². The van der Waals surface area contributed by atoms with Crippen LogP contribution in [-0.4, -0.2) is 53.5 Å². The maximum absolute atomic E-state index is 13.0. The lowest BCUT2D eigenvalue weighted by Gasteiger charge is -2.33. The zero-order valence-corrected chi connectivity index (χ0v) is 21.0. The van der Waals surface area contributed by atoms with E-state index in [1.54, 1.807) is 4.52 Å². The number of rotatable bonds is 7. The summed E-state index contributed by atoms with van der Waals surface area (Å²) in [6.07, 6.45) is 10.8. The third-order valence-corrected chi connectivity index (χ3v) is 6.93. The quantitative estimate of drug-likeness (QED) is 0.490. The molecule has 1 aliphatic rings. The number of hydrogen-bond donors (Lipinski definition) is 0. The highest BCUT2D eigenvalue weighted by molar-refractivity contribution is 5.76. The molecule has 0 atom stereocenters. The summed E-state index contributed by atoms with van der Waals surface area (Å²) in [5.41, 5.74) is 5.28. The number of carbonyl (C=O) groups is 1. The smallest absolute Gasteiger partial charge is 0.222 e. The van der Waals surface area contributed by atoms with Gasteiger partial charge in [-0.05, 0) is 77.0 Å². The minimum Gasteiger partial charge on any atom is -0.343 e. The third kappa shape index (κ3) is 4.81. The Morgan fingerprint density at radius 2 is 1.88 bits per heavy atom. The molecule has 1 saturated heterocycles. The van der Waals surface area contributed by atoms with Crippen LogP contribution in [0.2, 0.25) is 0 Å². The summed E-state index contributed by atoms with van der Waals surface area (Å²) in [6, 6.07) is 3.79. The first-order valence-electron chi connectivity index (χ1n) is 12.3. The van der Waals surface area contributed by atoms with Crippen molar-refractivity contribution >= 4 is 11.6 Å². The number of hydrogen-bond acceptors (Lipinski definition) is 5. The summed E-state index contributed by atoms with van der Waals surface area (Å²) in [7, 11) is 0. The van der Waals surface area contributed by atoms with E-state index >= 15 is 0 Å². The zero-order valence-electron chi connectivity index (χ0n) is 21.0. The monoisotopic (exact) mass is 461 g/mol. The van der Waals surface area contributed by atoms with E-state index in [1.165, 1.54) is 5.57 Å². The Kier molecular flexibility index (Phi) is 7.24. The Balaban J connectivity index is 1.40. The van der Waals surface area contributed by atoms with E-state index in [1.807, 2.05) is 49.4 Å². The molecule has 0 radical (unpaired) electrons. The van der Waals surface area contributed by atoms with Gasteiger partial charge in [0.1, 0.15) is 0 Å². The molecule has 3 aromatic rings. The summed E-state index contributed by atoms with van der Waals surface area (Å²) in [5, 5.41) is 17.5. The average Bonchev–Trinajstić information content (AvgIpc) is 3.36. The fourth-order valence-electron chi connectivity index (χ4n) is 4.91. The SMILES string of the molecule is C/C=C\C=C(/CC)C1CCN(C(=O)CCc2c(C)nn(-c3ccc4nnc(C)n4n3)c2C)CC1. The normalized spacial score (nSPS) is 15.7. The van der Waals surface area contributed by atoms with Crippen molar-refractivity contribution in [2.24, 2.45) is 5.92 Å². The van der Waals surface area contributed by atoms with Gasteiger partial charge in [-0.25, -0.2) is 4.68 Å². The number of fused-ring (bicyclic) bond motifs is 1. The number of nitrogens with zero attached hydrogens (tertiary/aromatic N) is 7. The molecule has 0 aromatic carbocycles. The van der Waals surface area contributed by atoms with Crippen LogP contribution in [0.4, 0.5) is 0 Å². The van der Waals surface area contributed by atoms with Gasteiger partial charge in [0.2, 0.25) is 5.91 Å². The molecule has 0 N–H and O–H groups in total. The molecule has 8 heteroatoms. The number of likely N-dealkylation sites (tertiary alicyclic amines) is 1. The van der Waals surface area contributed by atoms with Crippen molar-refractivity contribution in [3.8, 4) is 5.82 Å². The van der Waals surface area contributed by atoms with Crippen molar-refractivity contribution in [1.29, 1.82) is 0 Å². The van der Waals surface area contributed by atoms with Crippen molar-refractivity contribution in [3.05, 3.63) is 58.7 Å². The minimum atomic E-state index is 0.236. The second-order valence-corrected chi connectivity index (χ2v) is 9.05. The van der Waals surface area contributed by atoms with Crippen molar-refractivity contribution in [1.82, 2.24) is 34.5 Å². The molecule has 3 aromatic heterocycles. The number of aromatic nitrogens is 6. The van der Waals surface area contributed by atoms with Crippen LogP contribution >= 0.6 is 0 Å². The average molecular weight is 462 g/mol. The van der Waals surface area contributed by atoms with Gasteiger partial charge in [-0.1, -0.05) is 30.7 Å². The van der Waals surface area contributed by atoms with Gasteiger partial charge in [0.05, 0.1) is 5.69 Å². The third-order valence-electron chi connectivity index (χ3n) is 6.93. The Labute approximate surface area is 201 Å². The second-order valence-electron chi connectivity index (χ2n) is 9.05. The van der Waals surface area contributed by atoms with Crippen LogP contribution in [0.1, 0.15) is 62.3 Å². The maximum atomic E-state index is 13.0. The molecular formula is C26H35N7O. The first kappa shape index (κ1) is 23.9. The Morgan fingerprint density at radius 3 is 2.59 bits per heavy atom. The highest BCUT2D eigenvalue weighted by Gasteiger charge is 2.25. The standard InChI is InChI=1S/C26H35N7O/c1-6-8-9-21(7-2)22-14-16-31(17-15-22)26(34)13-10-23-18(3)29-32(19(23)4)25-12-11-24-28-27-20(5)33(24)30-25/h6,8-9,11-12,22H,7,10,13-17H2,1-5H3/b8-6-,21-9+. The molecule has 1 aliphatic heterocycles. The van der Waals surface area contributed by atoms with E-state index in [9.17, 15) is 4.79 Å². The highest BCUT2D eigenvalue weighted by Crippen LogP contribution is 2.27. The van der Waals surface area contributed by atoms with Crippen molar-refractivity contribution in [2.45, 2.75) is 66.7 Å². The topological polar surface area (TPSA) is 81.2 Å². The summed E-state index contributed by atoms with van der Waals surface area (Å²) < 4.78 is 3.57. The fourth-order valence-corrected chi connectivity index (χ4v) is 4.91. The van der Waals surface area contributed by atoms with Gasteiger partial charge in [-0.15, -0.1) is 15.3 Å². The van der Waals surface area contributed by atoms with Gasteiger partial charge in [-0.2, -0.15) is 9.61 Å². The van der Waals surface area contributed by atoms with E-state index in [4.69, 9.17) is 5.10 Å². The first-order chi connectivity index (χ1) is 16.4. The molecule has 0 saturated carbocycles. The number of carbonyl (C=O) groups excluding carboxylic acids is 1.